The van der Waals surface area contributed by atoms with Crippen molar-refractivity contribution in [2.45, 2.75) is 71.4 Å². The summed E-state index contributed by atoms with van der Waals surface area (Å²) in [5, 5.41) is 32.8. The number of carbonyl (C=O) groups is 3. The number of fused-ring (bicyclic) bond motifs is 2. The molecule has 2 heterocycles. The summed E-state index contributed by atoms with van der Waals surface area (Å²) in [5.41, 5.74) is -1.25. The molecule has 1 saturated heterocycles. The molecule has 0 bridgehead atoms. The second-order valence-electron chi connectivity index (χ2n) is 11.3. The number of cyclic esters (lactones) is 1. The summed E-state index contributed by atoms with van der Waals surface area (Å²) in [6.45, 7) is 7.25. The number of allylic oxidation sites excluding steroid dienone is 1. The maximum absolute atomic E-state index is 12.8. The highest BCUT2D eigenvalue weighted by Crippen LogP contribution is 2.70. The van der Waals surface area contributed by atoms with Crippen molar-refractivity contribution in [1.29, 1.82) is 0 Å². The molecule has 3 N–H and O–H groups in total. The van der Waals surface area contributed by atoms with Crippen LogP contribution in [-0.4, -0.2) is 64.1 Å². The number of rotatable bonds is 2. The quantitative estimate of drug-likeness (QED) is 0.522. The lowest BCUT2D eigenvalue weighted by Crippen LogP contribution is -2.71. The van der Waals surface area contributed by atoms with E-state index in [4.69, 9.17) is 9.47 Å². The highest BCUT2D eigenvalue weighted by atomic mass is 16.6. The van der Waals surface area contributed by atoms with Gasteiger partial charge in [0.1, 0.15) is 18.3 Å². The molecule has 0 aromatic heterocycles. The third-order valence-corrected chi connectivity index (χ3v) is 9.68. The SMILES string of the molecule is CC1=CC(=O)[C@H](O)[C@@]2(C)[C@@H]1C[C@H]1OC(=O)C=C3[C@@]1(C)[C@@H]2[C@H](O)C[C@@]3(C)[C@H]1OC(=O)C[C@@H]1CO. The summed E-state index contributed by atoms with van der Waals surface area (Å²) >= 11 is 0. The average molecular weight is 461 g/mol. The third-order valence-electron chi connectivity index (χ3n) is 9.68. The van der Waals surface area contributed by atoms with Gasteiger partial charge >= 0.3 is 11.9 Å². The van der Waals surface area contributed by atoms with Crippen LogP contribution in [-0.2, 0) is 23.9 Å². The molecule has 5 aliphatic rings. The van der Waals surface area contributed by atoms with E-state index in [-0.39, 0.29) is 31.1 Å². The van der Waals surface area contributed by atoms with Gasteiger partial charge in [0.15, 0.2) is 5.78 Å². The first-order valence-corrected chi connectivity index (χ1v) is 11.7. The molecule has 0 spiro atoms. The van der Waals surface area contributed by atoms with Gasteiger partial charge in [-0.05, 0) is 37.3 Å². The molecule has 5 rings (SSSR count). The fourth-order valence-corrected chi connectivity index (χ4v) is 8.43. The van der Waals surface area contributed by atoms with E-state index in [1.54, 1.807) is 0 Å². The first-order valence-electron chi connectivity index (χ1n) is 11.7. The molecular formula is C25H32O8. The van der Waals surface area contributed by atoms with Gasteiger partial charge in [-0.2, -0.15) is 0 Å². The van der Waals surface area contributed by atoms with Crippen LogP contribution < -0.4 is 0 Å². The normalized spacial score (nSPS) is 51.1. The number of aliphatic hydroxyl groups excluding tert-OH is 3. The van der Waals surface area contributed by atoms with E-state index in [0.717, 1.165) is 5.57 Å². The van der Waals surface area contributed by atoms with Crippen LogP contribution >= 0.6 is 0 Å². The van der Waals surface area contributed by atoms with Crippen molar-refractivity contribution >= 4 is 17.7 Å². The minimum absolute atomic E-state index is 0.0745. The van der Waals surface area contributed by atoms with Gasteiger partial charge in [0.05, 0.1) is 19.1 Å². The first-order chi connectivity index (χ1) is 15.4. The van der Waals surface area contributed by atoms with E-state index in [9.17, 15) is 29.7 Å². The van der Waals surface area contributed by atoms with Gasteiger partial charge in [0, 0.05) is 34.2 Å². The zero-order chi connectivity index (χ0) is 24.1. The van der Waals surface area contributed by atoms with Crippen LogP contribution in [0.2, 0.25) is 0 Å². The maximum atomic E-state index is 12.8. The van der Waals surface area contributed by atoms with Crippen LogP contribution in [0.25, 0.3) is 0 Å². The van der Waals surface area contributed by atoms with Crippen molar-refractivity contribution in [3.63, 3.8) is 0 Å². The Morgan fingerprint density at radius 1 is 1.09 bits per heavy atom. The lowest BCUT2D eigenvalue weighted by atomic mass is 9.38. The van der Waals surface area contributed by atoms with Crippen molar-refractivity contribution in [3.8, 4) is 0 Å². The monoisotopic (exact) mass is 460 g/mol. The van der Waals surface area contributed by atoms with E-state index < -0.39 is 64.4 Å². The maximum Gasteiger partial charge on any atom is 0.331 e. The molecule has 2 aliphatic heterocycles. The molecule has 3 aliphatic carbocycles. The lowest BCUT2D eigenvalue weighted by molar-refractivity contribution is -0.232. The Morgan fingerprint density at radius 2 is 1.79 bits per heavy atom. The van der Waals surface area contributed by atoms with Gasteiger partial charge < -0.3 is 24.8 Å². The zero-order valence-electron chi connectivity index (χ0n) is 19.4. The highest BCUT2D eigenvalue weighted by Gasteiger charge is 2.72. The van der Waals surface area contributed by atoms with E-state index in [1.807, 2.05) is 27.7 Å². The Labute approximate surface area is 192 Å². The fourth-order valence-electron chi connectivity index (χ4n) is 8.43. The number of carbonyl (C=O) groups excluding carboxylic acids is 3. The molecule has 8 heteroatoms. The molecule has 8 nitrogen and oxygen atoms in total. The fraction of sp³-hybridized carbons (Fsp3) is 0.720. The smallest absolute Gasteiger partial charge is 0.331 e. The van der Waals surface area contributed by atoms with Crippen molar-refractivity contribution < 1.29 is 39.2 Å². The Balaban J connectivity index is 1.70. The largest absolute Gasteiger partial charge is 0.461 e. The Morgan fingerprint density at radius 3 is 2.45 bits per heavy atom. The molecule has 3 fully saturated rings. The Bertz CT molecular complexity index is 998. The summed E-state index contributed by atoms with van der Waals surface area (Å²) in [7, 11) is 0. The van der Waals surface area contributed by atoms with E-state index in [2.05, 4.69) is 0 Å². The molecule has 0 aromatic rings. The highest BCUT2D eigenvalue weighted by molar-refractivity contribution is 5.96. The third kappa shape index (κ3) is 2.71. The Kier molecular flexibility index (Phi) is 4.82. The van der Waals surface area contributed by atoms with Gasteiger partial charge in [-0.15, -0.1) is 0 Å². The number of esters is 2. The Hall–Kier alpha value is -2.03. The summed E-state index contributed by atoms with van der Waals surface area (Å²) in [5.74, 6) is -2.55. The number of hydrogen-bond donors (Lipinski definition) is 3. The second kappa shape index (κ2) is 6.99. The molecule has 0 aromatic carbocycles. The summed E-state index contributed by atoms with van der Waals surface area (Å²) in [6, 6.07) is 0. The minimum atomic E-state index is -1.29. The predicted octanol–water partition coefficient (Wildman–Crippen LogP) is 1.07. The van der Waals surface area contributed by atoms with Gasteiger partial charge in [-0.1, -0.05) is 26.3 Å². The predicted molar refractivity (Wildman–Crippen MR) is 114 cm³/mol. The average Bonchev–Trinajstić information content (AvgIpc) is 3.12. The van der Waals surface area contributed by atoms with Gasteiger partial charge in [-0.25, -0.2) is 4.79 Å². The van der Waals surface area contributed by atoms with Gasteiger partial charge in [-0.3, -0.25) is 9.59 Å². The van der Waals surface area contributed by atoms with Crippen molar-refractivity contribution in [2.75, 3.05) is 6.61 Å². The number of hydrogen-bond acceptors (Lipinski definition) is 8. The zero-order valence-corrected chi connectivity index (χ0v) is 19.4. The number of ketones is 1. The van der Waals surface area contributed by atoms with Crippen molar-refractivity contribution in [2.24, 2.45) is 34.0 Å². The van der Waals surface area contributed by atoms with Crippen molar-refractivity contribution in [3.05, 3.63) is 23.3 Å². The summed E-state index contributed by atoms with van der Waals surface area (Å²) in [4.78, 5) is 37.6. The summed E-state index contributed by atoms with van der Waals surface area (Å²) in [6.07, 6.45) is 0.0308. The molecule has 180 valence electrons. The molecule has 10 atom stereocenters. The van der Waals surface area contributed by atoms with Crippen LogP contribution in [0.15, 0.2) is 23.3 Å². The molecule has 0 radical (unpaired) electrons. The van der Waals surface area contributed by atoms with Crippen molar-refractivity contribution in [1.82, 2.24) is 0 Å². The van der Waals surface area contributed by atoms with E-state index in [1.165, 1.54) is 12.2 Å². The minimum Gasteiger partial charge on any atom is -0.461 e. The van der Waals surface area contributed by atoms with Gasteiger partial charge in [0.2, 0.25) is 0 Å². The van der Waals surface area contributed by atoms with E-state index >= 15 is 0 Å². The number of aliphatic hydroxyl groups is 3. The van der Waals surface area contributed by atoms with Crippen LogP contribution in [0.3, 0.4) is 0 Å². The lowest BCUT2D eigenvalue weighted by Gasteiger charge is -2.68. The first kappa shape index (κ1) is 22.7. The van der Waals surface area contributed by atoms with Crippen LogP contribution in [0.1, 0.15) is 47.0 Å². The van der Waals surface area contributed by atoms with Crippen LogP contribution in [0.4, 0.5) is 0 Å². The molecule has 0 unspecified atom stereocenters. The van der Waals surface area contributed by atoms with E-state index in [0.29, 0.717) is 12.0 Å². The second-order valence-corrected chi connectivity index (χ2v) is 11.3. The number of ether oxygens (including phenoxy) is 2. The molecule has 0 amide bonds. The van der Waals surface area contributed by atoms with Gasteiger partial charge in [0.25, 0.3) is 0 Å². The summed E-state index contributed by atoms with van der Waals surface area (Å²) < 4.78 is 11.5. The topological polar surface area (TPSA) is 130 Å². The van der Waals surface area contributed by atoms with Crippen LogP contribution in [0, 0.1) is 34.0 Å². The molecular weight excluding hydrogens is 428 g/mol. The van der Waals surface area contributed by atoms with Crippen LogP contribution in [0.5, 0.6) is 0 Å². The standard InChI is InChI=1S/C25H32O8/c1-11-5-14(27)21(31)24(3)13(11)7-17-25(4)16(8-19(30)32-17)23(2,9-15(28)20(24)25)22-12(10-26)6-18(29)33-22/h5,8,12-13,15,17,20-22,26,28,31H,6-7,9-10H2,1-4H3/t12-,13-,15-,17-,20-,21+,22+,23-,24+,25-/m1/s1. The molecule has 2 saturated carbocycles. The molecule has 33 heavy (non-hydrogen) atoms.